The number of hydrogen-bond donors (Lipinski definition) is 0. The van der Waals surface area contributed by atoms with Gasteiger partial charge in [0.15, 0.2) is 5.92 Å². The molecule has 5 nitrogen and oxygen atoms in total. The maximum Gasteiger partial charge on any atom is 0.321 e. The minimum atomic E-state index is -1.01. The smallest absolute Gasteiger partial charge is 0.321 e. The third-order valence-electron chi connectivity index (χ3n) is 2.38. The lowest BCUT2D eigenvalue weighted by molar-refractivity contribution is -0.168. The molecule has 0 aliphatic rings. The number of nitrogens with zero attached hydrogens (tertiary/aromatic N) is 1. The molecule has 1 aromatic rings. The second-order valence-electron chi connectivity index (χ2n) is 5.28. The molecule has 0 amide bonds. The van der Waals surface area contributed by atoms with Crippen LogP contribution in [0.1, 0.15) is 26.5 Å². The number of rotatable bonds is 4. The number of pyridine rings is 1. The average Bonchev–Trinajstić information content (AvgIpc) is 2.35. The van der Waals surface area contributed by atoms with Gasteiger partial charge in [0.2, 0.25) is 0 Å². The lowest BCUT2D eigenvalue weighted by Crippen LogP contribution is -2.34. The van der Waals surface area contributed by atoms with Crippen molar-refractivity contribution in [2.45, 2.75) is 32.8 Å². The quantitative estimate of drug-likeness (QED) is 0.620. The minimum Gasteiger partial charge on any atom is -0.468 e. The largest absolute Gasteiger partial charge is 0.468 e. The van der Waals surface area contributed by atoms with E-state index < -0.39 is 23.5 Å². The maximum absolute atomic E-state index is 12.1. The minimum absolute atomic E-state index is 0.148. The topological polar surface area (TPSA) is 65.5 Å². The van der Waals surface area contributed by atoms with E-state index in [0.717, 1.165) is 4.47 Å². The van der Waals surface area contributed by atoms with Gasteiger partial charge >= 0.3 is 11.9 Å². The van der Waals surface area contributed by atoms with Crippen LogP contribution in [0.3, 0.4) is 0 Å². The van der Waals surface area contributed by atoms with E-state index >= 15 is 0 Å². The summed E-state index contributed by atoms with van der Waals surface area (Å²) >= 11 is 3.28. The molecule has 0 spiro atoms. The van der Waals surface area contributed by atoms with Crippen molar-refractivity contribution in [2.75, 3.05) is 7.11 Å². The van der Waals surface area contributed by atoms with Gasteiger partial charge in [0, 0.05) is 22.8 Å². The summed E-state index contributed by atoms with van der Waals surface area (Å²) in [4.78, 5) is 28.0. The average molecular weight is 344 g/mol. The Labute approximate surface area is 126 Å². The predicted molar refractivity (Wildman–Crippen MR) is 77.0 cm³/mol. The third-order valence-corrected chi connectivity index (χ3v) is 2.85. The summed E-state index contributed by atoms with van der Waals surface area (Å²) in [5, 5.41) is 0. The van der Waals surface area contributed by atoms with Crippen molar-refractivity contribution in [3.63, 3.8) is 0 Å². The highest BCUT2D eigenvalue weighted by Crippen LogP contribution is 2.17. The molecule has 1 aromatic heterocycles. The van der Waals surface area contributed by atoms with Gasteiger partial charge in [-0.05, 0) is 48.8 Å². The summed E-state index contributed by atoms with van der Waals surface area (Å²) in [5.41, 5.74) is -0.0364. The first-order chi connectivity index (χ1) is 9.23. The van der Waals surface area contributed by atoms with Gasteiger partial charge in [0.1, 0.15) is 5.60 Å². The summed E-state index contributed by atoms with van der Waals surface area (Å²) in [6, 6.07) is 3.54. The normalized spacial score (nSPS) is 12.7. The maximum atomic E-state index is 12.1. The summed E-state index contributed by atoms with van der Waals surface area (Å²) in [5.74, 6) is -2.23. The molecule has 110 valence electrons. The first-order valence-corrected chi connectivity index (χ1v) is 6.93. The number of hydrogen-bond acceptors (Lipinski definition) is 5. The van der Waals surface area contributed by atoms with Crippen molar-refractivity contribution < 1.29 is 19.1 Å². The van der Waals surface area contributed by atoms with Gasteiger partial charge < -0.3 is 9.47 Å². The summed E-state index contributed by atoms with van der Waals surface area (Å²) < 4.78 is 10.7. The van der Waals surface area contributed by atoms with Crippen LogP contribution in [0.2, 0.25) is 0 Å². The van der Waals surface area contributed by atoms with E-state index in [0.29, 0.717) is 5.69 Å². The monoisotopic (exact) mass is 343 g/mol. The van der Waals surface area contributed by atoms with Crippen LogP contribution in [0.15, 0.2) is 22.8 Å². The molecule has 0 radical (unpaired) electrons. The van der Waals surface area contributed by atoms with Gasteiger partial charge in [-0.3, -0.25) is 14.6 Å². The van der Waals surface area contributed by atoms with Gasteiger partial charge in [-0.2, -0.15) is 0 Å². The molecule has 0 aromatic carbocycles. The Kier molecular flexibility index (Phi) is 5.68. The Bertz CT molecular complexity index is 479. The number of methoxy groups -OCH3 is 1. The van der Waals surface area contributed by atoms with Crippen LogP contribution in [0.4, 0.5) is 0 Å². The van der Waals surface area contributed by atoms with E-state index in [1.54, 1.807) is 39.1 Å². The molecule has 20 heavy (non-hydrogen) atoms. The molecule has 1 atom stereocenters. The van der Waals surface area contributed by atoms with Crippen molar-refractivity contribution in [1.29, 1.82) is 0 Å². The molecule has 0 aliphatic heterocycles. The van der Waals surface area contributed by atoms with Gasteiger partial charge in [-0.25, -0.2) is 0 Å². The molecule has 0 N–H and O–H groups in total. The Hall–Kier alpha value is -1.43. The molecule has 0 aliphatic carbocycles. The fourth-order valence-electron chi connectivity index (χ4n) is 1.51. The number of halogens is 1. The Morgan fingerprint density at radius 2 is 1.95 bits per heavy atom. The summed E-state index contributed by atoms with van der Waals surface area (Å²) in [7, 11) is 1.24. The molecule has 6 heteroatoms. The van der Waals surface area contributed by atoms with Crippen LogP contribution < -0.4 is 0 Å². The molecule has 0 fully saturated rings. The number of ether oxygens (including phenoxy) is 2. The van der Waals surface area contributed by atoms with E-state index in [4.69, 9.17) is 4.74 Å². The van der Waals surface area contributed by atoms with Crippen LogP contribution >= 0.6 is 15.9 Å². The molecule has 0 unspecified atom stereocenters. The van der Waals surface area contributed by atoms with Crippen LogP contribution in [-0.2, 0) is 25.5 Å². The molecule has 0 saturated carbocycles. The Balaban J connectivity index is 2.87. The number of carbonyl (C=O) groups is 2. The number of esters is 2. The van der Waals surface area contributed by atoms with Gasteiger partial charge in [-0.15, -0.1) is 0 Å². The predicted octanol–water partition coefficient (Wildman–Crippen LogP) is 2.52. The molecule has 1 heterocycles. The van der Waals surface area contributed by atoms with Crippen LogP contribution in [0.25, 0.3) is 0 Å². The zero-order valence-electron chi connectivity index (χ0n) is 12.0. The highest BCUT2D eigenvalue weighted by molar-refractivity contribution is 9.10. The van der Waals surface area contributed by atoms with E-state index in [2.05, 4.69) is 25.7 Å². The van der Waals surface area contributed by atoms with Crippen LogP contribution in [-0.4, -0.2) is 29.6 Å². The van der Waals surface area contributed by atoms with E-state index in [1.807, 2.05) is 0 Å². The van der Waals surface area contributed by atoms with Crippen molar-refractivity contribution in [2.24, 2.45) is 5.92 Å². The number of aromatic nitrogens is 1. The van der Waals surface area contributed by atoms with Gasteiger partial charge in [0.05, 0.1) is 7.11 Å². The molecule has 1 rings (SSSR count). The summed E-state index contributed by atoms with van der Waals surface area (Å²) in [6.07, 6.45) is 1.76. The van der Waals surface area contributed by atoms with Crippen LogP contribution in [0.5, 0.6) is 0 Å². The molecule has 0 saturated heterocycles. The van der Waals surface area contributed by atoms with Crippen molar-refractivity contribution in [3.8, 4) is 0 Å². The zero-order chi connectivity index (χ0) is 15.3. The highest BCUT2D eigenvalue weighted by atomic mass is 79.9. The molecular formula is C14H18BrNO4. The SMILES string of the molecule is COC(=O)[C@@H](Cc1ccc(Br)cn1)C(=O)OC(C)(C)C. The van der Waals surface area contributed by atoms with Crippen LogP contribution in [0, 0.1) is 5.92 Å². The third kappa shape index (κ3) is 5.28. The van der Waals surface area contributed by atoms with E-state index in [9.17, 15) is 9.59 Å². The Morgan fingerprint density at radius 3 is 2.40 bits per heavy atom. The second-order valence-corrected chi connectivity index (χ2v) is 6.20. The molecular weight excluding hydrogens is 326 g/mol. The molecule has 0 bridgehead atoms. The number of carbonyl (C=O) groups excluding carboxylic acids is 2. The Morgan fingerprint density at radius 1 is 1.30 bits per heavy atom. The summed E-state index contributed by atoms with van der Waals surface area (Å²) in [6.45, 7) is 5.24. The van der Waals surface area contributed by atoms with Crippen molar-refractivity contribution in [3.05, 3.63) is 28.5 Å². The first-order valence-electron chi connectivity index (χ1n) is 6.14. The van der Waals surface area contributed by atoms with Gasteiger partial charge in [0.25, 0.3) is 0 Å². The lowest BCUT2D eigenvalue weighted by Gasteiger charge is -2.22. The highest BCUT2D eigenvalue weighted by Gasteiger charge is 2.32. The second kappa shape index (κ2) is 6.83. The van der Waals surface area contributed by atoms with E-state index in [1.165, 1.54) is 7.11 Å². The van der Waals surface area contributed by atoms with Gasteiger partial charge in [-0.1, -0.05) is 0 Å². The zero-order valence-corrected chi connectivity index (χ0v) is 13.6. The van der Waals surface area contributed by atoms with E-state index in [-0.39, 0.29) is 6.42 Å². The lowest BCUT2D eigenvalue weighted by atomic mass is 10.0. The van der Waals surface area contributed by atoms with Crippen molar-refractivity contribution in [1.82, 2.24) is 4.98 Å². The fourth-order valence-corrected chi connectivity index (χ4v) is 1.75. The van der Waals surface area contributed by atoms with Crippen molar-refractivity contribution >= 4 is 27.9 Å². The first kappa shape index (κ1) is 16.6. The fraction of sp³-hybridized carbons (Fsp3) is 0.500. The standard InChI is InChI=1S/C14H18BrNO4/c1-14(2,3)20-13(18)11(12(17)19-4)7-10-6-5-9(15)8-16-10/h5-6,8,11H,7H2,1-4H3/t11-/m1/s1.